The fourth-order valence-corrected chi connectivity index (χ4v) is 2.08. The Kier molecular flexibility index (Phi) is 3.84. The van der Waals surface area contributed by atoms with Crippen molar-refractivity contribution < 1.29 is 14.6 Å². The molecule has 0 radical (unpaired) electrons. The van der Waals surface area contributed by atoms with Crippen LogP contribution >= 0.6 is 11.3 Å². The van der Waals surface area contributed by atoms with Crippen LogP contribution in [0.25, 0.3) is 0 Å². The Morgan fingerprint density at radius 1 is 1.24 bits per heavy atom. The Morgan fingerprint density at radius 3 is 2.48 bits per heavy atom. The van der Waals surface area contributed by atoms with Crippen LogP contribution in [0.3, 0.4) is 0 Å². The first-order valence-electron chi connectivity index (χ1n) is 5.43. The van der Waals surface area contributed by atoms with Gasteiger partial charge in [-0.25, -0.2) is 0 Å². The molecule has 11 heteroatoms. The largest absolute Gasteiger partial charge is 0.296 e. The summed E-state index contributed by atoms with van der Waals surface area (Å²) >= 11 is 1.10. The number of nitro benzene ring substituents is 2. The van der Waals surface area contributed by atoms with Crippen LogP contribution in [0.5, 0.6) is 0 Å². The van der Waals surface area contributed by atoms with Crippen molar-refractivity contribution in [2.45, 2.75) is 6.92 Å². The Bertz CT molecular complexity index is 743. The Labute approximate surface area is 120 Å². The van der Waals surface area contributed by atoms with E-state index in [0.717, 1.165) is 29.5 Å². The average Bonchev–Trinajstić information content (AvgIpc) is 2.83. The number of nitrogens with zero attached hydrogens (tertiary/aromatic N) is 4. The highest BCUT2D eigenvalue weighted by Crippen LogP contribution is 2.25. The summed E-state index contributed by atoms with van der Waals surface area (Å²) < 4.78 is 0. The molecule has 0 fully saturated rings. The number of aryl methyl sites for hydroxylation is 1. The molecule has 0 atom stereocenters. The molecule has 0 unspecified atom stereocenters. The third-order valence-electron chi connectivity index (χ3n) is 2.38. The number of nitrogens with one attached hydrogen (secondary N) is 1. The van der Waals surface area contributed by atoms with E-state index < -0.39 is 27.1 Å². The van der Waals surface area contributed by atoms with Gasteiger partial charge in [0.15, 0.2) is 0 Å². The first kappa shape index (κ1) is 14.5. The SMILES string of the molecule is Cc1nnc(NC(=O)c2ccc([N+](=O)[O-])cc2[N+](=O)[O-])s1. The molecule has 1 aromatic heterocycles. The number of benzene rings is 1. The van der Waals surface area contributed by atoms with Crippen molar-refractivity contribution in [1.82, 2.24) is 10.2 Å². The Hall–Kier alpha value is -2.95. The highest BCUT2D eigenvalue weighted by atomic mass is 32.1. The maximum absolute atomic E-state index is 12.0. The van der Waals surface area contributed by atoms with Gasteiger partial charge in [0.2, 0.25) is 5.13 Å². The molecule has 1 amide bonds. The number of hydrogen-bond donors (Lipinski definition) is 1. The van der Waals surface area contributed by atoms with Crippen LogP contribution < -0.4 is 5.32 Å². The normalized spacial score (nSPS) is 10.1. The van der Waals surface area contributed by atoms with E-state index in [-0.39, 0.29) is 10.7 Å². The highest BCUT2D eigenvalue weighted by molar-refractivity contribution is 7.15. The third kappa shape index (κ3) is 3.14. The minimum Gasteiger partial charge on any atom is -0.296 e. The Balaban J connectivity index is 2.36. The lowest BCUT2D eigenvalue weighted by molar-refractivity contribution is -0.394. The van der Waals surface area contributed by atoms with Crippen molar-refractivity contribution in [3.8, 4) is 0 Å². The number of carbonyl (C=O) groups is 1. The molecule has 0 aliphatic carbocycles. The van der Waals surface area contributed by atoms with E-state index in [2.05, 4.69) is 15.5 Å². The number of nitro groups is 2. The molecule has 108 valence electrons. The average molecular weight is 309 g/mol. The first-order chi connectivity index (χ1) is 9.88. The van der Waals surface area contributed by atoms with Crippen LogP contribution in [0.15, 0.2) is 18.2 Å². The van der Waals surface area contributed by atoms with Gasteiger partial charge in [0.05, 0.1) is 15.9 Å². The summed E-state index contributed by atoms with van der Waals surface area (Å²) in [7, 11) is 0. The molecule has 1 heterocycles. The lowest BCUT2D eigenvalue weighted by Gasteiger charge is -2.02. The molecule has 1 N–H and O–H groups in total. The van der Waals surface area contributed by atoms with Gasteiger partial charge in [-0.15, -0.1) is 10.2 Å². The van der Waals surface area contributed by atoms with E-state index in [0.29, 0.717) is 5.01 Å². The Morgan fingerprint density at radius 2 is 1.95 bits per heavy atom. The van der Waals surface area contributed by atoms with Crippen molar-refractivity contribution >= 4 is 33.8 Å². The summed E-state index contributed by atoms with van der Waals surface area (Å²) in [6, 6.07) is 2.78. The predicted molar refractivity (Wildman–Crippen MR) is 72.3 cm³/mol. The van der Waals surface area contributed by atoms with Gasteiger partial charge in [0, 0.05) is 6.07 Å². The zero-order chi connectivity index (χ0) is 15.6. The van der Waals surface area contributed by atoms with Gasteiger partial charge in [0.25, 0.3) is 17.3 Å². The van der Waals surface area contributed by atoms with Gasteiger partial charge < -0.3 is 0 Å². The topological polar surface area (TPSA) is 141 Å². The molecule has 2 aromatic rings. The standard InChI is InChI=1S/C10H7N5O5S/c1-5-12-13-10(21-5)11-9(16)7-3-2-6(14(17)18)4-8(7)15(19)20/h2-4H,1H3,(H,11,13,16). The summed E-state index contributed by atoms with van der Waals surface area (Å²) in [5.74, 6) is -0.784. The molecular formula is C10H7N5O5S. The van der Waals surface area contributed by atoms with Gasteiger partial charge in [-0.05, 0) is 13.0 Å². The maximum atomic E-state index is 12.0. The van der Waals surface area contributed by atoms with Crippen LogP contribution in [-0.2, 0) is 0 Å². The molecule has 0 saturated heterocycles. The van der Waals surface area contributed by atoms with Crippen LogP contribution in [0.4, 0.5) is 16.5 Å². The van der Waals surface area contributed by atoms with Crippen molar-refractivity contribution in [1.29, 1.82) is 0 Å². The van der Waals surface area contributed by atoms with Crippen molar-refractivity contribution in [3.05, 3.63) is 49.0 Å². The van der Waals surface area contributed by atoms with Crippen LogP contribution in [-0.4, -0.2) is 26.0 Å². The lowest BCUT2D eigenvalue weighted by atomic mass is 10.1. The quantitative estimate of drug-likeness (QED) is 0.671. The molecule has 0 spiro atoms. The molecule has 0 saturated carbocycles. The zero-order valence-corrected chi connectivity index (χ0v) is 11.3. The van der Waals surface area contributed by atoms with Crippen LogP contribution in [0.1, 0.15) is 15.4 Å². The molecule has 0 aliphatic rings. The molecule has 0 bridgehead atoms. The predicted octanol–water partition coefficient (Wildman–Crippen LogP) is 1.92. The zero-order valence-electron chi connectivity index (χ0n) is 10.5. The van der Waals surface area contributed by atoms with Gasteiger partial charge in [-0.3, -0.25) is 30.3 Å². The van der Waals surface area contributed by atoms with E-state index in [4.69, 9.17) is 0 Å². The van der Waals surface area contributed by atoms with Crippen molar-refractivity contribution in [3.63, 3.8) is 0 Å². The van der Waals surface area contributed by atoms with Crippen LogP contribution in [0.2, 0.25) is 0 Å². The van der Waals surface area contributed by atoms with Crippen molar-refractivity contribution in [2.24, 2.45) is 0 Å². The summed E-state index contributed by atoms with van der Waals surface area (Å²) in [5, 5.41) is 32.1. The number of hydrogen-bond acceptors (Lipinski definition) is 8. The number of rotatable bonds is 4. The molecule has 0 aliphatic heterocycles. The third-order valence-corrected chi connectivity index (χ3v) is 3.13. The summed E-state index contributed by atoms with van der Waals surface area (Å²) in [6.07, 6.45) is 0. The number of aromatic nitrogens is 2. The monoisotopic (exact) mass is 309 g/mol. The van der Waals surface area contributed by atoms with E-state index in [1.54, 1.807) is 6.92 Å². The first-order valence-corrected chi connectivity index (χ1v) is 6.24. The fourth-order valence-electron chi connectivity index (χ4n) is 1.49. The van der Waals surface area contributed by atoms with Crippen molar-refractivity contribution in [2.75, 3.05) is 5.32 Å². The molecular weight excluding hydrogens is 302 g/mol. The minimum atomic E-state index is -0.854. The van der Waals surface area contributed by atoms with E-state index >= 15 is 0 Å². The highest BCUT2D eigenvalue weighted by Gasteiger charge is 2.24. The maximum Gasteiger partial charge on any atom is 0.289 e. The molecule has 1 aromatic carbocycles. The number of amides is 1. The minimum absolute atomic E-state index is 0.185. The second kappa shape index (κ2) is 5.58. The van der Waals surface area contributed by atoms with Gasteiger partial charge in [-0.2, -0.15) is 0 Å². The number of carbonyl (C=O) groups excluding carboxylic acids is 1. The summed E-state index contributed by atoms with van der Waals surface area (Å²) in [6.45, 7) is 1.68. The smallest absolute Gasteiger partial charge is 0.289 e. The van der Waals surface area contributed by atoms with Gasteiger partial charge in [-0.1, -0.05) is 11.3 Å². The molecule has 2 rings (SSSR count). The van der Waals surface area contributed by atoms with E-state index in [1.165, 1.54) is 0 Å². The molecule has 10 nitrogen and oxygen atoms in total. The van der Waals surface area contributed by atoms with Gasteiger partial charge >= 0.3 is 0 Å². The summed E-state index contributed by atoms with van der Waals surface area (Å²) in [4.78, 5) is 31.9. The van der Waals surface area contributed by atoms with E-state index in [9.17, 15) is 25.0 Å². The second-order valence-corrected chi connectivity index (χ2v) is 4.98. The van der Waals surface area contributed by atoms with Crippen LogP contribution in [0, 0.1) is 27.2 Å². The molecule has 21 heavy (non-hydrogen) atoms. The second-order valence-electron chi connectivity index (χ2n) is 3.80. The van der Waals surface area contributed by atoms with E-state index in [1.807, 2.05) is 0 Å². The number of anilines is 1. The fraction of sp³-hybridized carbons (Fsp3) is 0.100. The summed E-state index contributed by atoms with van der Waals surface area (Å²) in [5.41, 5.74) is -1.41. The number of non-ortho nitro benzene ring substituents is 1. The lowest BCUT2D eigenvalue weighted by Crippen LogP contribution is -2.14. The van der Waals surface area contributed by atoms with Gasteiger partial charge in [0.1, 0.15) is 10.6 Å².